The van der Waals surface area contributed by atoms with Gasteiger partial charge in [-0.1, -0.05) is 30.8 Å². The molecule has 1 saturated carbocycles. The van der Waals surface area contributed by atoms with Gasteiger partial charge in [0.1, 0.15) is 11.6 Å². The molecule has 2 aromatic heterocycles. The number of carboxylic acids is 1. The fourth-order valence-corrected chi connectivity index (χ4v) is 3.73. The van der Waals surface area contributed by atoms with Crippen molar-refractivity contribution >= 4 is 40.7 Å². The van der Waals surface area contributed by atoms with Gasteiger partial charge in [0.05, 0.1) is 17.6 Å². The molecule has 0 radical (unpaired) electrons. The molecule has 4 aromatic rings. The Morgan fingerprint density at radius 3 is 2.33 bits per heavy atom. The van der Waals surface area contributed by atoms with E-state index in [1.54, 1.807) is 23.3 Å². The maximum atomic E-state index is 14.7. The van der Waals surface area contributed by atoms with E-state index >= 15 is 0 Å². The van der Waals surface area contributed by atoms with E-state index < -0.39 is 18.0 Å². The Kier molecular flexibility index (Phi) is 8.84. The summed E-state index contributed by atoms with van der Waals surface area (Å²) in [4.78, 5) is 29.7. The van der Waals surface area contributed by atoms with Gasteiger partial charge in [-0.2, -0.15) is 23.3 Å². The smallest absolute Gasteiger partial charge is 0.475 e. The number of anilines is 5. The molecule has 10 nitrogen and oxygen atoms in total. The number of aryl methyl sites for hydroxylation is 1. The van der Waals surface area contributed by atoms with Gasteiger partial charge in [0.25, 0.3) is 0 Å². The first kappa shape index (κ1) is 29.7. The Balaban J connectivity index is 0.000000517. The van der Waals surface area contributed by atoms with Gasteiger partial charge in [-0.25, -0.2) is 14.2 Å². The number of hydrogen-bond donors (Lipinski definition) is 4. The zero-order valence-electron chi connectivity index (χ0n) is 22.1. The Bertz CT molecular complexity index is 1600. The highest BCUT2D eigenvalue weighted by Crippen LogP contribution is 2.41. The van der Waals surface area contributed by atoms with E-state index in [-0.39, 0.29) is 11.6 Å². The highest BCUT2D eigenvalue weighted by Gasteiger charge is 2.38. The molecule has 2 heterocycles. The summed E-state index contributed by atoms with van der Waals surface area (Å²) >= 11 is 0. The predicted octanol–water partition coefficient (Wildman–Crippen LogP) is 6.14. The SMILES string of the molecule is C=CC(=O)Nc1ccc(F)c(Nc2nc(Nc3cnn(C)c3)ncc2-c2ccc(C3CC3)cc2)c1.O=C(O)C(F)(F)F. The molecule has 0 saturated heterocycles. The van der Waals surface area contributed by atoms with Crippen LogP contribution in [0.4, 0.5) is 46.4 Å². The second kappa shape index (κ2) is 12.5. The summed E-state index contributed by atoms with van der Waals surface area (Å²) in [6.45, 7) is 3.44. The molecule has 2 aromatic carbocycles. The molecule has 4 N–H and O–H groups in total. The lowest BCUT2D eigenvalue weighted by molar-refractivity contribution is -0.192. The molecule has 0 spiro atoms. The molecule has 0 aliphatic heterocycles. The van der Waals surface area contributed by atoms with Crippen LogP contribution in [-0.4, -0.2) is 42.9 Å². The standard InChI is InChI=1S/C26H24FN7O.C2HF3O2/c1-3-24(35)30-19-10-11-22(27)23(12-19)32-25-21(18-8-6-17(7-9-18)16-4-5-16)14-28-26(33-25)31-20-13-29-34(2)15-20;3-2(4,5)1(6)7/h3,6-16H,1,4-5H2,2H3,(H,30,35)(H2,28,31,32,33);(H,6,7). The number of aliphatic carboxylic acids is 1. The van der Waals surface area contributed by atoms with Crippen molar-refractivity contribution in [3.05, 3.63) is 85.1 Å². The monoisotopic (exact) mass is 583 g/mol. The number of halogens is 4. The molecule has 1 aliphatic rings. The van der Waals surface area contributed by atoms with Crippen LogP contribution in [0.2, 0.25) is 0 Å². The average molecular weight is 584 g/mol. The number of aromatic nitrogens is 4. The van der Waals surface area contributed by atoms with E-state index in [2.05, 4.69) is 49.7 Å². The number of rotatable bonds is 8. The highest BCUT2D eigenvalue weighted by atomic mass is 19.4. The lowest BCUT2D eigenvalue weighted by atomic mass is 10.0. The zero-order valence-corrected chi connectivity index (χ0v) is 22.1. The maximum Gasteiger partial charge on any atom is 0.490 e. The van der Waals surface area contributed by atoms with Crippen LogP contribution in [0.1, 0.15) is 24.3 Å². The van der Waals surface area contributed by atoms with E-state index in [9.17, 15) is 22.4 Å². The molecule has 0 atom stereocenters. The van der Waals surface area contributed by atoms with E-state index in [1.807, 2.05) is 19.2 Å². The minimum Gasteiger partial charge on any atom is -0.475 e. The maximum absolute atomic E-state index is 14.7. The van der Waals surface area contributed by atoms with Crippen LogP contribution in [0.3, 0.4) is 0 Å². The molecular weight excluding hydrogens is 558 g/mol. The lowest BCUT2D eigenvalue weighted by Gasteiger charge is -2.15. The summed E-state index contributed by atoms with van der Waals surface area (Å²) in [6, 6.07) is 12.6. The van der Waals surface area contributed by atoms with Crippen molar-refractivity contribution < 1.29 is 32.3 Å². The molecule has 1 aliphatic carbocycles. The number of alkyl halides is 3. The van der Waals surface area contributed by atoms with Gasteiger partial charge < -0.3 is 21.1 Å². The van der Waals surface area contributed by atoms with Gasteiger partial charge in [-0.15, -0.1) is 0 Å². The third-order valence-corrected chi connectivity index (χ3v) is 5.94. The van der Waals surface area contributed by atoms with Gasteiger partial charge in [0.15, 0.2) is 0 Å². The largest absolute Gasteiger partial charge is 0.490 e. The van der Waals surface area contributed by atoms with Crippen molar-refractivity contribution in [2.75, 3.05) is 16.0 Å². The minimum absolute atomic E-state index is 0.161. The summed E-state index contributed by atoms with van der Waals surface area (Å²) in [6.07, 6.45) is 3.67. The Morgan fingerprint density at radius 2 is 1.76 bits per heavy atom. The average Bonchev–Trinajstić information content (AvgIpc) is 3.72. The van der Waals surface area contributed by atoms with Crippen molar-refractivity contribution in [2.45, 2.75) is 24.9 Å². The fraction of sp³-hybridized carbons (Fsp3) is 0.179. The molecule has 14 heteroatoms. The first-order valence-electron chi connectivity index (χ1n) is 12.5. The first-order valence-corrected chi connectivity index (χ1v) is 12.5. The Labute approximate surface area is 237 Å². The van der Waals surface area contributed by atoms with Crippen LogP contribution in [0, 0.1) is 5.82 Å². The third-order valence-electron chi connectivity index (χ3n) is 5.94. The predicted molar refractivity (Wildman–Crippen MR) is 148 cm³/mol. The van der Waals surface area contributed by atoms with Crippen LogP contribution < -0.4 is 16.0 Å². The molecule has 42 heavy (non-hydrogen) atoms. The van der Waals surface area contributed by atoms with Crippen molar-refractivity contribution in [3.63, 3.8) is 0 Å². The van der Waals surface area contributed by atoms with E-state index in [0.717, 1.165) is 17.3 Å². The first-order chi connectivity index (χ1) is 19.9. The second-order valence-electron chi connectivity index (χ2n) is 9.20. The number of nitrogens with zero attached hydrogens (tertiary/aromatic N) is 4. The number of benzene rings is 2. The van der Waals surface area contributed by atoms with E-state index in [0.29, 0.717) is 28.9 Å². The molecular formula is C28H25F4N7O3. The fourth-order valence-electron chi connectivity index (χ4n) is 3.73. The summed E-state index contributed by atoms with van der Waals surface area (Å²) < 4.78 is 48.1. The lowest BCUT2D eigenvalue weighted by Crippen LogP contribution is -2.21. The molecule has 1 amide bonds. The number of nitrogens with one attached hydrogen (secondary N) is 3. The molecule has 0 bridgehead atoms. The van der Waals surface area contributed by atoms with E-state index in [4.69, 9.17) is 9.90 Å². The van der Waals surface area contributed by atoms with Crippen molar-refractivity contribution in [2.24, 2.45) is 7.05 Å². The number of carbonyl (C=O) groups is 2. The number of hydrogen-bond acceptors (Lipinski definition) is 7. The Hall–Kier alpha value is -5.27. The van der Waals surface area contributed by atoms with Gasteiger partial charge in [0, 0.05) is 30.7 Å². The van der Waals surface area contributed by atoms with Crippen molar-refractivity contribution in [1.29, 1.82) is 0 Å². The minimum atomic E-state index is -5.08. The molecule has 1 fully saturated rings. The zero-order chi connectivity index (χ0) is 30.4. The van der Waals surface area contributed by atoms with Crippen LogP contribution >= 0.6 is 0 Å². The third kappa shape index (κ3) is 7.90. The van der Waals surface area contributed by atoms with Crippen LogP contribution in [0.15, 0.2) is 73.7 Å². The number of amides is 1. The Morgan fingerprint density at radius 1 is 1.07 bits per heavy atom. The topological polar surface area (TPSA) is 134 Å². The summed E-state index contributed by atoms with van der Waals surface area (Å²) in [7, 11) is 1.81. The van der Waals surface area contributed by atoms with Crippen LogP contribution in [-0.2, 0) is 16.6 Å². The summed E-state index contributed by atoms with van der Waals surface area (Å²) in [5.41, 5.74) is 4.24. The normalized spacial score (nSPS) is 12.5. The molecule has 5 rings (SSSR count). The summed E-state index contributed by atoms with van der Waals surface area (Å²) in [5, 5.41) is 20.1. The van der Waals surface area contributed by atoms with Gasteiger partial charge in [-0.05, 0) is 54.2 Å². The van der Waals surface area contributed by atoms with Gasteiger partial charge in [0.2, 0.25) is 11.9 Å². The van der Waals surface area contributed by atoms with Crippen molar-refractivity contribution in [1.82, 2.24) is 19.7 Å². The van der Waals surface area contributed by atoms with Crippen LogP contribution in [0.5, 0.6) is 0 Å². The number of carboxylic acid groups (broad SMARTS) is 1. The summed E-state index contributed by atoms with van der Waals surface area (Å²) in [5.74, 6) is -2.24. The molecule has 218 valence electrons. The van der Waals surface area contributed by atoms with Crippen molar-refractivity contribution in [3.8, 4) is 11.1 Å². The number of carbonyl (C=O) groups excluding carboxylic acids is 1. The quantitative estimate of drug-likeness (QED) is 0.144. The van der Waals surface area contributed by atoms with Gasteiger partial charge >= 0.3 is 12.1 Å². The van der Waals surface area contributed by atoms with E-state index in [1.165, 1.54) is 36.6 Å². The van der Waals surface area contributed by atoms with Crippen LogP contribution in [0.25, 0.3) is 11.1 Å². The highest BCUT2D eigenvalue weighted by molar-refractivity contribution is 5.99. The van der Waals surface area contributed by atoms with Gasteiger partial charge in [-0.3, -0.25) is 9.48 Å². The molecule has 0 unspecified atom stereocenters. The second-order valence-corrected chi connectivity index (χ2v) is 9.20.